The Morgan fingerprint density at radius 1 is 1.37 bits per heavy atom. The van der Waals surface area contributed by atoms with Crippen molar-refractivity contribution in [3.8, 4) is 0 Å². The van der Waals surface area contributed by atoms with Gasteiger partial charge in [-0.25, -0.2) is 4.79 Å². The number of hydrogen-bond acceptors (Lipinski definition) is 4. The van der Waals surface area contributed by atoms with Gasteiger partial charge in [0.05, 0.1) is 6.10 Å². The molecule has 0 aromatic rings. The van der Waals surface area contributed by atoms with Crippen molar-refractivity contribution in [1.82, 2.24) is 10.6 Å². The lowest BCUT2D eigenvalue weighted by Crippen LogP contribution is -2.39. The quantitative estimate of drug-likeness (QED) is 0.713. The van der Waals surface area contributed by atoms with Gasteiger partial charge in [-0.2, -0.15) is 0 Å². The number of alkyl carbamates (subject to hydrolysis) is 1. The average molecular weight is 272 g/mol. The van der Waals surface area contributed by atoms with Gasteiger partial charge in [-0.1, -0.05) is 6.92 Å². The number of carbonyl (C=O) groups excluding carboxylic acids is 1. The maximum atomic E-state index is 11.6. The van der Waals surface area contributed by atoms with Gasteiger partial charge in [-0.15, -0.1) is 0 Å². The van der Waals surface area contributed by atoms with Gasteiger partial charge >= 0.3 is 6.09 Å². The molecule has 1 amide bonds. The largest absolute Gasteiger partial charge is 0.444 e. The molecular formula is C14H28N2O3. The van der Waals surface area contributed by atoms with Gasteiger partial charge in [0, 0.05) is 18.6 Å². The minimum absolute atomic E-state index is 0.172. The number of nitrogens with one attached hydrogen (secondary N) is 2. The molecule has 0 heterocycles. The Balaban J connectivity index is 2.23. The molecule has 1 saturated carbocycles. The number of hydrogen-bond donors (Lipinski definition) is 3. The minimum atomic E-state index is -0.453. The summed E-state index contributed by atoms with van der Waals surface area (Å²) in [5.41, 5.74) is -0.453. The predicted octanol–water partition coefficient (Wildman–Crippen LogP) is 1.79. The SMILES string of the molecule is CCC(O)CNC1CCC(NC(=O)OC(C)(C)C)C1. The molecule has 5 nitrogen and oxygen atoms in total. The Kier molecular flexibility index (Phi) is 6.07. The van der Waals surface area contributed by atoms with Gasteiger partial charge in [-0.05, 0) is 46.5 Å². The summed E-state index contributed by atoms with van der Waals surface area (Å²) >= 11 is 0. The van der Waals surface area contributed by atoms with Crippen molar-refractivity contribution >= 4 is 6.09 Å². The van der Waals surface area contributed by atoms with Gasteiger partial charge in [0.2, 0.25) is 0 Å². The lowest BCUT2D eigenvalue weighted by Gasteiger charge is -2.22. The van der Waals surface area contributed by atoms with Crippen LogP contribution in [-0.2, 0) is 4.74 Å². The highest BCUT2D eigenvalue weighted by atomic mass is 16.6. The van der Waals surface area contributed by atoms with Crippen molar-refractivity contribution in [2.24, 2.45) is 0 Å². The summed E-state index contributed by atoms with van der Waals surface area (Å²) in [7, 11) is 0. The van der Waals surface area contributed by atoms with E-state index in [-0.39, 0.29) is 18.2 Å². The third kappa shape index (κ3) is 6.78. The van der Waals surface area contributed by atoms with Gasteiger partial charge in [0.25, 0.3) is 0 Å². The molecule has 1 aliphatic carbocycles. The first-order valence-corrected chi connectivity index (χ1v) is 7.21. The molecule has 3 N–H and O–H groups in total. The van der Waals surface area contributed by atoms with E-state index in [9.17, 15) is 9.90 Å². The first kappa shape index (κ1) is 16.2. The highest BCUT2D eigenvalue weighted by molar-refractivity contribution is 5.68. The van der Waals surface area contributed by atoms with E-state index in [2.05, 4.69) is 10.6 Å². The number of aliphatic hydroxyl groups is 1. The van der Waals surface area contributed by atoms with Crippen LogP contribution in [0, 0.1) is 0 Å². The molecule has 0 radical (unpaired) electrons. The molecule has 0 saturated heterocycles. The molecule has 5 heteroatoms. The minimum Gasteiger partial charge on any atom is -0.444 e. The highest BCUT2D eigenvalue weighted by Crippen LogP contribution is 2.19. The molecule has 0 bridgehead atoms. The van der Waals surface area contributed by atoms with Crippen molar-refractivity contribution in [2.75, 3.05) is 6.54 Å². The summed E-state index contributed by atoms with van der Waals surface area (Å²) in [6.07, 6.45) is 3.02. The summed E-state index contributed by atoms with van der Waals surface area (Å²) in [6.45, 7) is 8.17. The fraction of sp³-hybridized carbons (Fsp3) is 0.929. The fourth-order valence-corrected chi connectivity index (χ4v) is 2.22. The molecule has 0 aromatic carbocycles. The summed E-state index contributed by atoms with van der Waals surface area (Å²) in [6, 6.07) is 0.548. The van der Waals surface area contributed by atoms with E-state index in [1.165, 1.54) is 0 Å². The summed E-state index contributed by atoms with van der Waals surface area (Å²) < 4.78 is 5.24. The Labute approximate surface area is 116 Å². The molecule has 0 aliphatic heterocycles. The van der Waals surface area contributed by atoms with Gasteiger partial charge in [0.15, 0.2) is 0 Å². The molecule has 1 rings (SSSR count). The first-order chi connectivity index (χ1) is 8.80. The second kappa shape index (κ2) is 7.10. The monoisotopic (exact) mass is 272 g/mol. The van der Waals surface area contributed by atoms with Crippen LogP contribution in [0.1, 0.15) is 53.4 Å². The van der Waals surface area contributed by atoms with Crippen LogP contribution in [0.2, 0.25) is 0 Å². The van der Waals surface area contributed by atoms with Crippen molar-refractivity contribution in [3.63, 3.8) is 0 Å². The lowest BCUT2D eigenvalue weighted by molar-refractivity contribution is 0.0505. The number of rotatable bonds is 5. The van der Waals surface area contributed by atoms with Crippen LogP contribution in [0.3, 0.4) is 0 Å². The first-order valence-electron chi connectivity index (χ1n) is 7.21. The summed E-state index contributed by atoms with van der Waals surface area (Å²) in [5, 5.41) is 15.7. The number of aliphatic hydroxyl groups excluding tert-OH is 1. The molecular weight excluding hydrogens is 244 g/mol. The van der Waals surface area contributed by atoms with Crippen molar-refractivity contribution in [1.29, 1.82) is 0 Å². The smallest absolute Gasteiger partial charge is 0.407 e. The van der Waals surface area contributed by atoms with Crippen molar-refractivity contribution < 1.29 is 14.6 Å². The van der Waals surface area contributed by atoms with E-state index in [1.54, 1.807) is 0 Å². The Morgan fingerprint density at radius 3 is 2.58 bits per heavy atom. The highest BCUT2D eigenvalue weighted by Gasteiger charge is 2.27. The zero-order chi connectivity index (χ0) is 14.5. The van der Waals surface area contributed by atoms with Crippen LogP contribution in [0.15, 0.2) is 0 Å². The van der Waals surface area contributed by atoms with Crippen LogP contribution in [0.5, 0.6) is 0 Å². The summed E-state index contributed by atoms with van der Waals surface area (Å²) in [5.74, 6) is 0. The lowest BCUT2D eigenvalue weighted by atomic mass is 10.2. The maximum absolute atomic E-state index is 11.6. The molecule has 0 spiro atoms. The van der Waals surface area contributed by atoms with Crippen LogP contribution < -0.4 is 10.6 Å². The second-order valence-corrected chi connectivity index (χ2v) is 6.32. The Hall–Kier alpha value is -0.810. The van der Waals surface area contributed by atoms with E-state index >= 15 is 0 Å². The van der Waals surface area contributed by atoms with E-state index in [4.69, 9.17) is 4.74 Å². The molecule has 1 fully saturated rings. The number of amides is 1. The molecule has 3 atom stereocenters. The van der Waals surface area contributed by atoms with E-state index < -0.39 is 5.60 Å². The number of carbonyl (C=O) groups is 1. The van der Waals surface area contributed by atoms with Gasteiger partial charge in [-0.3, -0.25) is 0 Å². The van der Waals surface area contributed by atoms with Gasteiger partial charge < -0.3 is 20.5 Å². The zero-order valence-corrected chi connectivity index (χ0v) is 12.5. The Morgan fingerprint density at radius 2 is 2.00 bits per heavy atom. The maximum Gasteiger partial charge on any atom is 0.407 e. The topological polar surface area (TPSA) is 70.6 Å². The summed E-state index contributed by atoms with van der Waals surface area (Å²) in [4.78, 5) is 11.6. The van der Waals surface area contributed by atoms with E-state index in [0.29, 0.717) is 12.6 Å². The van der Waals surface area contributed by atoms with E-state index in [1.807, 2.05) is 27.7 Å². The number of ether oxygens (including phenoxy) is 1. The standard InChI is InChI=1S/C14H28N2O3/c1-5-12(17)9-15-10-6-7-11(8-10)16-13(18)19-14(2,3)4/h10-12,15,17H,5-9H2,1-4H3,(H,16,18). The molecule has 112 valence electrons. The second-order valence-electron chi connectivity index (χ2n) is 6.32. The van der Waals surface area contributed by atoms with E-state index in [0.717, 1.165) is 25.7 Å². The fourth-order valence-electron chi connectivity index (χ4n) is 2.22. The van der Waals surface area contributed by atoms with Crippen LogP contribution >= 0.6 is 0 Å². The molecule has 19 heavy (non-hydrogen) atoms. The van der Waals surface area contributed by atoms with Crippen molar-refractivity contribution in [3.05, 3.63) is 0 Å². The Bertz CT molecular complexity index is 289. The molecule has 1 aliphatic rings. The molecule has 0 aromatic heterocycles. The zero-order valence-electron chi connectivity index (χ0n) is 12.5. The van der Waals surface area contributed by atoms with Crippen molar-refractivity contribution in [2.45, 2.75) is 77.2 Å². The van der Waals surface area contributed by atoms with Crippen LogP contribution in [0.4, 0.5) is 4.79 Å². The average Bonchev–Trinajstić information content (AvgIpc) is 2.70. The third-order valence-corrected chi connectivity index (χ3v) is 3.27. The van der Waals surface area contributed by atoms with Gasteiger partial charge in [0.1, 0.15) is 5.60 Å². The van der Waals surface area contributed by atoms with Crippen LogP contribution in [0.25, 0.3) is 0 Å². The normalized spacial score (nSPS) is 25.1. The molecule has 3 unspecified atom stereocenters. The van der Waals surface area contributed by atoms with Crippen LogP contribution in [-0.4, -0.2) is 41.5 Å². The predicted molar refractivity (Wildman–Crippen MR) is 75.1 cm³/mol. The third-order valence-electron chi connectivity index (χ3n) is 3.27.